The van der Waals surface area contributed by atoms with Crippen LogP contribution in [0.2, 0.25) is 5.02 Å². The average Bonchev–Trinajstić information content (AvgIpc) is 2.93. The maximum Gasteiger partial charge on any atom is 0.105 e. The topological polar surface area (TPSA) is 41.5 Å². The highest BCUT2D eigenvalue weighted by atomic mass is 35.5. The first-order valence-electron chi connectivity index (χ1n) is 6.81. The lowest BCUT2D eigenvalue weighted by Crippen LogP contribution is -2.45. The molecule has 0 spiro atoms. The second-order valence-electron chi connectivity index (χ2n) is 5.31. The molecule has 20 heavy (non-hydrogen) atoms. The maximum atomic E-state index is 10.4. The van der Waals surface area contributed by atoms with E-state index in [9.17, 15) is 5.11 Å². The fourth-order valence-corrected chi connectivity index (χ4v) is 4.04. The molecule has 2 atom stereocenters. The van der Waals surface area contributed by atoms with Gasteiger partial charge in [0.05, 0.1) is 11.1 Å². The van der Waals surface area contributed by atoms with Gasteiger partial charge in [-0.05, 0) is 13.0 Å². The Labute approximate surface area is 127 Å². The number of hydrogen-bond donors (Lipinski definition) is 2. The molecule has 5 heteroatoms. The van der Waals surface area contributed by atoms with Crippen LogP contribution in [0.15, 0.2) is 24.3 Å². The molecule has 0 radical (unpaired) electrons. The summed E-state index contributed by atoms with van der Waals surface area (Å²) in [6, 6.07) is 8.14. The van der Waals surface area contributed by atoms with Crippen LogP contribution in [0, 0.1) is 0 Å². The molecule has 2 heterocycles. The average molecular weight is 312 g/mol. The number of fused-ring (bicyclic) bond motifs is 1. The van der Waals surface area contributed by atoms with Crippen molar-refractivity contribution in [2.75, 3.05) is 13.2 Å². The van der Waals surface area contributed by atoms with E-state index < -0.39 is 5.60 Å². The standard InChI is InChI=1S/C15H18ClNO2S/c1-10-15(18,6-7-19-10)9-17-8-13-14(16)11-4-2-3-5-12(11)20-13/h2-5,10,17-18H,6-9H2,1H3. The van der Waals surface area contributed by atoms with Crippen molar-refractivity contribution in [2.24, 2.45) is 0 Å². The Morgan fingerprint density at radius 1 is 1.50 bits per heavy atom. The van der Waals surface area contributed by atoms with Gasteiger partial charge in [0.1, 0.15) is 5.60 Å². The minimum atomic E-state index is -0.761. The highest BCUT2D eigenvalue weighted by Crippen LogP contribution is 2.35. The van der Waals surface area contributed by atoms with E-state index in [2.05, 4.69) is 11.4 Å². The van der Waals surface area contributed by atoms with Crippen LogP contribution >= 0.6 is 22.9 Å². The largest absolute Gasteiger partial charge is 0.386 e. The third-order valence-corrected chi connectivity index (χ3v) is 5.69. The highest BCUT2D eigenvalue weighted by Gasteiger charge is 2.39. The number of nitrogens with one attached hydrogen (secondary N) is 1. The van der Waals surface area contributed by atoms with Crippen molar-refractivity contribution in [3.05, 3.63) is 34.2 Å². The first kappa shape index (κ1) is 14.3. The van der Waals surface area contributed by atoms with Crippen LogP contribution in [-0.4, -0.2) is 30.0 Å². The van der Waals surface area contributed by atoms with Crippen molar-refractivity contribution in [1.29, 1.82) is 0 Å². The van der Waals surface area contributed by atoms with Crippen LogP contribution in [-0.2, 0) is 11.3 Å². The third-order valence-electron chi connectivity index (χ3n) is 3.98. The monoisotopic (exact) mass is 311 g/mol. The molecule has 2 aromatic rings. The van der Waals surface area contributed by atoms with Crippen LogP contribution in [0.4, 0.5) is 0 Å². The van der Waals surface area contributed by atoms with Gasteiger partial charge in [0.25, 0.3) is 0 Å². The van der Waals surface area contributed by atoms with E-state index in [1.54, 1.807) is 11.3 Å². The first-order chi connectivity index (χ1) is 9.60. The van der Waals surface area contributed by atoms with Crippen molar-refractivity contribution in [2.45, 2.75) is 31.6 Å². The summed E-state index contributed by atoms with van der Waals surface area (Å²) in [5, 5.41) is 15.7. The predicted octanol–water partition coefficient (Wildman–Crippen LogP) is 3.18. The number of ether oxygens (including phenoxy) is 1. The van der Waals surface area contributed by atoms with Gasteiger partial charge in [-0.3, -0.25) is 0 Å². The van der Waals surface area contributed by atoms with Crippen molar-refractivity contribution in [3.63, 3.8) is 0 Å². The fraction of sp³-hybridized carbons (Fsp3) is 0.467. The Morgan fingerprint density at radius 2 is 2.30 bits per heavy atom. The predicted molar refractivity (Wildman–Crippen MR) is 83.5 cm³/mol. The molecule has 2 unspecified atom stereocenters. The third kappa shape index (κ3) is 2.59. The summed E-state index contributed by atoms with van der Waals surface area (Å²) >= 11 is 8.10. The maximum absolute atomic E-state index is 10.4. The summed E-state index contributed by atoms with van der Waals surface area (Å²) in [6.45, 7) is 3.75. The van der Waals surface area contributed by atoms with Gasteiger partial charge in [0.15, 0.2) is 0 Å². The van der Waals surface area contributed by atoms with Gasteiger partial charge in [-0.25, -0.2) is 0 Å². The first-order valence-corrected chi connectivity index (χ1v) is 8.00. The van der Waals surface area contributed by atoms with Gasteiger partial charge >= 0.3 is 0 Å². The molecule has 0 aliphatic carbocycles. The van der Waals surface area contributed by atoms with E-state index in [4.69, 9.17) is 16.3 Å². The van der Waals surface area contributed by atoms with Crippen LogP contribution in [0.3, 0.4) is 0 Å². The zero-order chi connectivity index (χ0) is 14.2. The molecule has 1 aromatic heterocycles. The van der Waals surface area contributed by atoms with E-state index in [-0.39, 0.29) is 6.10 Å². The Kier molecular flexibility index (Phi) is 4.02. The van der Waals surface area contributed by atoms with Gasteiger partial charge in [-0.1, -0.05) is 29.8 Å². The van der Waals surface area contributed by atoms with Crippen molar-refractivity contribution in [1.82, 2.24) is 5.32 Å². The second kappa shape index (κ2) is 5.62. The Balaban J connectivity index is 1.67. The zero-order valence-electron chi connectivity index (χ0n) is 11.4. The lowest BCUT2D eigenvalue weighted by molar-refractivity contribution is -0.0262. The smallest absolute Gasteiger partial charge is 0.105 e. The van der Waals surface area contributed by atoms with E-state index in [1.807, 2.05) is 25.1 Å². The summed E-state index contributed by atoms with van der Waals surface area (Å²) in [4.78, 5) is 1.11. The molecule has 2 N–H and O–H groups in total. The van der Waals surface area contributed by atoms with E-state index in [1.165, 1.54) is 4.70 Å². The molecule has 0 bridgehead atoms. The van der Waals surface area contributed by atoms with Crippen LogP contribution < -0.4 is 5.32 Å². The van der Waals surface area contributed by atoms with Gasteiger partial charge in [-0.15, -0.1) is 11.3 Å². The van der Waals surface area contributed by atoms with Gasteiger partial charge in [-0.2, -0.15) is 0 Å². The molecule has 1 fully saturated rings. The van der Waals surface area contributed by atoms with Crippen molar-refractivity contribution >= 4 is 33.0 Å². The molecule has 1 aliphatic heterocycles. The molecule has 1 aromatic carbocycles. The Morgan fingerprint density at radius 3 is 3.00 bits per heavy atom. The lowest BCUT2D eigenvalue weighted by atomic mass is 9.97. The number of rotatable bonds is 4. The number of thiophene rings is 1. The fourth-order valence-electron chi connectivity index (χ4n) is 2.57. The summed E-state index contributed by atoms with van der Waals surface area (Å²) in [7, 11) is 0. The summed E-state index contributed by atoms with van der Waals surface area (Å²) in [5.41, 5.74) is -0.761. The molecule has 3 nitrogen and oxygen atoms in total. The Hall–Kier alpha value is -0.650. The molecule has 0 amide bonds. The van der Waals surface area contributed by atoms with Crippen LogP contribution in [0.1, 0.15) is 18.2 Å². The Bertz CT molecular complexity index is 615. The van der Waals surface area contributed by atoms with Crippen LogP contribution in [0.25, 0.3) is 10.1 Å². The van der Waals surface area contributed by atoms with E-state index >= 15 is 0 Å². The summed E-state index contributed by atoms with van der Waals surface area (Å²) in [6.07, 6.45) is 0.564. The quantitative estimate of drug-likeness (QED) is 0.911. The van der Waals surface area contributed by atoms with E-state index in [0.29, 0.717) is 26.1 Å². The normalized spacial score (nSPS) is 26.4. The van der Waals surface area contributed by atoms with Crippen molar-refractivity contribution < 1.29 is 9.84 Å². The molecule has 1 aliphatic rings. The molecule has 0 saturated carbocycles. The minimum absolute atomic E-state index is 0.118. The summed E-state index contributed by atoms with van der Waals surface area (Å²) < 4.78 is 6.63. The number of aliphatic hydroxyl groups is 1. The molecular weight excluding hydrogens is 294 g/mol. The number of benzene rings is 1. The molecule has 3 rings (SSSR count). The van der Waals surface area contributed by atoms with Gasteiger partial charge in [0.2, 0.25) is 0 Å². The number of hydrogen-bond acceptors (Lipinski definition) is 4. The number of halogens is 1. The van der Waals surface area contributed by atoms with Crippen molar-refractivity contribution in [3.8, 4) is 0 Å². The SMILES string of the molecule is CC1OCCC1(O)CNCc1sc2ccccc2c1Cl. The van der Waals surface area contributed by atoms with Crippen LogP contribution in [0.5, 0.6) is 0 Å². The minimum Gasteiger partial charge on any atom is -0.386 e. The van der Waals surface area contributed by atoms with E-state index in [0.717, 1.165) is 15.3 Å². The zero-order valence-corrected chi connectivity index (χ0v) is 12.9. The molecular formula is C15H18ClNO2S. The summed E-state index contributed by atoms with van der Waals surface area (Å²) in [5.74, 6) is 0. The second-order valence-corrected chi connectivity index (χ2v) is 6.82. The molecule has 108 valence electrons. The van der Waals surface area contributed by atoms with Gasteiger partial charge in [0, 0.05) is 41.1 Å². The lowest BCUT2D eigenvalue weighted by Gasteiger charge is -2.26. The molecule has 1 saturated heterocycles. The van der Waals surface area contributed by atoms with Gasteiger partial charge < -0.3 is 15.2 Å². The highest BCUT2D eigenvalue weighted by molar-refractivity contribution is 7.19.